The second-order valence-electron chi connectivity index (χ2n) is 7.19. The van der Waals surface area contributed by atoms with Crippen molar-refractivity contribution in [1.82, 2.24) is 9.88 Å². The van der Waals surface area contributed by atoms with E-state index in [0.717, 1.165) is 25.2 Å². The Morgan fingerprint density at radius 1 is 1.20 bits per heavy atom. The van der Waals surface area contributed by atoms with E-state index < -0.39 is 0 Å². The predicted octanol–water partition coefficient (Wildman–Crippen LogP) is 4.88. The molecular formula is C22H31N3. The van der Waals surface area contributed by atoms with Gasteiger partial charge < -0.3 is 10.2 Å². The van der Waals surface area contributed by atoms with Crippen LogP contribution in [0, 0.1) is 6.92 Å². The molecule has 0 fully saturated rings. The van der Waals surface area contributed by atoms with Crippen molar-refractivity contribution in [3.8, 4) is 11.3 Å². The minimum absolute atomic E-state index is 0.477. The van der Waals surface area contributed by atoms with Crippen LogP contribution in [0.1, 0.15) is 50.4 Å². The van der Waals surface area contributed by atoms with E-state index in [1.165, 1.54) is 47.5 Å². The third-order valence-corrected chi connectivity index (χ3v) is 5.30. The first-order valence-corrected chi connectivity index (χ1v) is 9.70. The van der Waals surface area contributed by atoms with Crippen LogP contribution in [0.25, 0.3) is 11.3 Å². The van der Waals surface area contributed by atoms with Gasteiger partial charge >= 0.3 is 0 Å². The maximum absolute atomic E-state index is 4.82. The number of anilines is 1. The standard InChI is InChI=1S/C22H31N3/c1-5-25(6-2)13-9-10-16(3)23-21-14-17(4)24-22-19-12-8-7-11-18(19)15-20(21)22/h7-8,11-12,14,16H,5-6,9-10,13,15H2,1-4H3,(H,23,24). The molecule has 134 valence electrons. The average molecular weight is 338 g/mol. The van der Waals surface area contributed by atoms with E-state index >= 15 is 0 Å². The number of fused-ring (bicyclic) bond motifs is 3. The first-order valence-electron chi connectivity index (χ1n) is 9.70. The molecule has 3 rings (SSSR count). The smallest absolute Gasteiger partial charge is 0.0764 e. The Morgan fingerprint density at radius 3 is 2.72 bits per heavy atom. The summed E-state index contributed by atoms with van der Waals surface area (Å²) < 4.78 is 0. The van der Waals surface area contributed by atoms with E-state index in [9.17, 15) is 0 Å². The van der Waals surface area contributed by atoms with Crippen molar-refractivity contribution in [3.63, 3.8) is 0 Å². The summed E-state index contributed by atoms with van der Waals surface area (Å²) in [6.07, 6.45) is 3.43. The number of nitrogens with zero attached hydrogens (tertiary/aromatic N) is 2. The first kappa shape index (κ1) is 17.9. The maximum Gasteiger partial charge on any atom is 0.0764 e. The Balaban J connectivity index is 1.69. The number of aryl methyl sites for hydroxylation is 1. The van der Waals surface area contributed by atoms with Gasteiger partial charge in [-0.15, -0.1) is 0 Å². The molecule has 0 radical (unpaired) electrons. The average Bonchev–Trinajstić information content (AvgIpc) is 2.98. The number of nitrogens with one attached hydrogen (secondary N) is 1. The van der Waals surface area contributed by atoms with Gasteiger partial charge in [0.2, 0.25) is 0 Å². The van der Waals surface area contributed by atoms with Crippen LogP contribution >= 0.6 is 0 Å². The third-order valence-electron chi connectivity index (χ3n) is 5.30. The lowest BCUT2D eigenvalue weighted by Crippen LogP contribution is -2.25. The monoisotopic (exact) mass is 337 g/mol. The molecule has 2 aromatic rings. The molecule has 0 saturated carbocycles. The van der Waals surface area contributed by atoms with Gasteiger partial charge in [-0.1, -0.05) is 38.1 Å². The molecule has 1 aromatic carbocycles. The maximum atomic E-state index is 4.82. The highest BCUT2D eigenvalue weighted by Crippen LogP contribution is 2.39. The SMILES string of the molecule is CCN(CC)CCCC(C)Nc1cc(C)nc2c1Cc1ccccc1-2. The summed E-state index contributed by atoms with van der Waals surface area (Å²) in [4.78, 5) is 7.32. The van der Waals surface area contributed by atoms with Crippen LogP contribution < -0.4 is 5.32 Å². The number of benzene rings is 1. The zero-order valence-corrected chi connectivity index (χ0v) is 16.1. The number of rotatable bonds is 8. The van der Waals surface area contributed by atoms with E-state index in [-0.39, 0.29) is 0 Å². The van der Waals surface area contributed by atoms with E-state index in [2.05, 4.69) is 68.2 Å². The predicted molar refractivity (Wildman–Crippen MR) is 107 cm³/mol. The summed E-state index contributed by atoms with van der Waals surface area (Å²) in [5, 5.41) is 3.77. The highest BCUT2D eigenvalue weighted by atomic mass is 15.1. The molecule has 0 amide bonds. The Morgan fingerprint density at radius 2 is 1.96 bits per heavy atom. The normalized spacial score (nSPS) is 13.6. The van der Waals surface area contributed by atoms with Crippen LogP contribution in [-0.4, -0.2) is 35.6 Å². The zero-order valence-electron chi connectivity index (χ0n) is 16.1. The van der Waals surface area contributed by atoms with Gasteiger partial charge in [-0.2, -0.15) is 0 Å². The van der Waals surface area contributed by atoms with Gasteiger partial charge in [0.1, 0.15) is 0 Å². The zero-order chi connectivity index (χ0) is 17.8. The molecule has 25 heavy (non-hydrogen) atoms. The van der Waals surface area contributed by atoms with E-state index in [4.69, 9.17) is 4.98 Å². The van der Waals surface area contributed by atoms with Gasteiger partial charge in [0, 0.05) is 35.0 Å². The molecule has 1 N–H and O–H groups in total. The van der Waals surface area contributed by atoms with Crippen LogP contribution in [0.5, 0.6) is 0 Å². The van der Waals surface area contributed by atoms with E-state index in [1.54, 1.807) is 0 Å². The summed E-state index contributed by atoms with van der Waals surface area (Å²) in [7, 11) is 0. The number of pyridine rings is 1. The van der Waals surface area contributed by atoms with Crippen molar-refractivity contribution >= 4 is 5.69 Å². The third kappa shape index (κ3) is 4.04. The summed E-state index contributed by atoms with van der Waals surface area (Å²) in [6.45, 7) is 12.4. The minimum atomic E-state index is 0.477. The van der Waals surface area contributed by atoms with Crippen LogP contribution in [0.3, 0.4) is 0 Å². The fraction of sp³-hybridized carbons (Fsp3) is 0.500. The highest BCUT2D eigenvalue weighted by molar-refractivity contribution is 5.79. The molecule has 0 spiro atoms. The lowest BCUT2D eigenvalue weighted by molar-refractivity contribution is 0.295. The molecule has 1 aliphatic rings. The van der Waals surface area contributed by atoms with Crippen molar-refractivity contribution < 1.29 is 0 Å². The fourth-order valence-corrected chi connectivity index (χ4v) is 3.82. The second-order valence-corrected chi connectivity index (χ2v) is 7.19. The van der Waals surface area contributed by atoms with Crippen molar-refractivity contribution in [2.24, 2.45) is 0 Å². The quantitative estimate of drug-likeness (QED) is 0.635. The molecule has 1 aromatic heterocycles. The highest BCUT2D eigenvalue weighted by Gasteiger charge is 2.23. The van der Waals surface area contributed by atoms with Gasteiger partial charge in [0.25, 0.3) is 0 Å². The fourth-order valence-electron chi connectivity index (χ4n) is 3.82. The molecule has 0 bridgehead atoms. The largest absolute Gasteiger partial charge is 0.382 e. The number of hydrogen-bond donors (Lipinski definition) is 1. The summed E-state index contributed by atoms with van der Waals surface area (Å²) in [5.74, 6) is 0. The first-order chi connectivity index (χ1) is 12.1. The molecule has 3 heteroatoms. The molecule has 1 heterocycles. The number of hydrogen-bond acceptors (Lipinski definition) is 3. The summed E-state index contributed by atoms with van der Waals surface area (Å²) in [6, 6.07) is 11.4. The van der Waals surface area contributed by atoms with Crippen LogP contribution in [0.15, 0.2) is 30.3 Å². The Labute approximate surface area is 152 Å². The topological polar surface area (TPSA) is 28.2 Å². The summed E-state index contributed by atoms with van der Waals surface area (Å²) in [5.41, 5.74) is 7.60. The van der Waals surface area contributed by atoms with Gasteiger partial charge in [0.15, 0.2) is 0 Å². The van der Waals surface area contributed by atoms with Gasteiger partial charge in [-0.3, -0.25) is 4.98 Å². The number of aromatic nitrogens is 1. The van der Waals surface area contributed by atoms with Crippen LogP contribution in [-0.2, 0) is 6.42 Å². The van der Waals surface area contributed by atoms with Crippen LogP contribution in [0.4, 0.5) is 5.69 Å². The van der Waals surface area contributed by atoms with Crippen molar-refractivity contribution in [3.05, 3.63) is 47.2 Å². The lowest BCUT2D eigenvalue weighted by atomic mass is 10.1. The lowest BCUT2D eigenvalue weighted by Gasteiger charge is -2.21. The second kappa shape index (κ2) is 8.01. The Hall–Kier alpha value is -1.87. The van der Waals surface area contributed by atoms with Gasteiger partial charge in [0.05, 0.1) is 5.69 Å². The molecule has 1 atom stereocenters. The Bertz CT molecular complexity index is 719. The van der Waals surface area contributed by atoms with Crippen molar-refractivity contribution in [2.75, 3.05) is 25.0 Å². The van der Waals surface area contributed by atoms with Crippen molar-refractivity contribution in [1.29, 1.82) is 0 Å². The minimum Gasteiger partial charge on any atom is -0.382 e. The van der Waals surface area contributed by atoms with E-state index in [0.29, 0.717) is 6.04 Å². The van der Waals surface area contributed by atoms with Crippen molar-refractivity contribution in [2.45, 2.75) is 53.0 Å². The Kier molecular flexibility index (Phi) is 5.74. The molecule has 1 unspecified atom stereocenters. The summed E-state index contributed by atoms with van der Waals surface area (Å²) >= 11 is 0. The molecular weight excluding hydrogens is 306 g/mol. The molecule has 0 saturated heterocycles. The van der Waals surface area contributed by atoms with Gasteiger partial charge in [-0.05, 0) is 58.0 Å². The van der Waals surface area contributed by atoms with Crippen LogP contribution in [0.2, 0.25) is 0 Å². The molecule has 0 aliphatic heterocycles. The molecule has 3 nitrogen and oxygen atoms in total. The van der Waals surface area contributed by atoms with E-state index in [1.807, 2.05) is 0 Å². The molecule has 1 aliphatic carbocycles. The van der Waals surface area contributed by atoms with Gasteiger partial charge in [-0.25, -0.2) is 0 Å².